The highest BCUT2D eigenvalue weighted by molar-refractivity contribution is 6.28. The topological polar surface area (TPSA) is 161 Å². The summed E-state index contributed by atoms with van der Waals surface area (Å²) in [7, 11) is 1.20. The lowest BCUT2D eigenvalue weighted by Gasteiger charge is -2.32. The van der Waals surface area contributed by atoms with Crippen LogP contribution in [0.3, 0.4) is 0 Å². The third kappa shape index (κ3) is 6.18. The molecular weight excluding hydrogens is 525 g/mol. The molecule has 14 heteroatoms. The number of hydrogen-bond acceptors (Lipinski definition) is 11. The molecule has 38 heavy (non-hydrogen) atoms. The fourth-order valence-corrected chi connectivity index (χ4v) is 3.90. The first-order valence-corrected chi connectivity index (χ1v) is 12.1. The quantitative estimate of drug-likeness (QED) is 0.181. The lowest BCUT2D eigenvalue weighted by Crippen LogP contribution is -2.55. The van der Waals surface area contributed by atoms with Gasteiger partial charge in [-0.3, -0.25) is 0 Å². The lowest BCUT2D eigenvalue weighted by molar-refractivity contribution is -0.199. The molecule has 3 atom stereocenters. The second-order valence-corrected chi connectivity index (χ2v) is 8.42. The zero-order valence-electron chi connectivity index (χ0n) is 21.0. The molecule has 0 saturated heterocycles. The van der Waals surface area contributed by atoms with Gasteiger partial charge in [-0.15, -0.1) is 0 Å². The third-order valence-corrected chi connectivity index (χ3v) is 5.82. The zero-order chi connectivity index (χ0) is 27.9. The van der Waals surface area contributed by atoms with Crippen molar-refractivity contribution in [1.82, 2.24) is 19.7 Å². The number of benzene rings is 1. The van der Waals surface area contributed by atoms with Crippen molar-refractivity contribution in [2.24, 2.45) is 0 Å². The summed E-state index contributed by atoms with van der Waals surface area (Å²) in [4.78, 5) is 33.9. The Bertz CT molecular complexity index is 1230. The molecule has 206 valence electrons. The number of methoxy groups -OCH3 is 1. The van der Waals surface area contributed by atoms with Crippen molar-refractivity contribution in [1.29, 1.82) is 0 Å². The highest BCUT2D eigenvalue weighted by Crippen LogP contribution is 2.28. The van der Waals surface area contributed by atoms with Crippen molar-refractivity contribution in [3.05, 3.63) is 47.4 Å². The average molecular weight is 554 g/mol. The van der Waals surface area contributed by atoms with E-state index in [1.807, 2.05) is 0 Å². The molecule has 2 heterocycles. The molecule has 0 amide bonds. The van der Waals surface area contributed by atoms with Crippen LogP contribution >= 0.6 is 11.6 Å². The normalized spacial score (nSPS) is 14.2. The molecule has 3 N–H and O–H groups in total. The van der Waals surface area contributed by atoms with E-state index < -0.39 is 42.7 Å². The van der Waals surface area contributed by atoms with Gasteiger partial charge in [0.15, 0.2) is 5.65 Å². The molecule has 1 aromatic carbocycles. The van der Waals surface area contributed by atoms with Crippen molar-refractivity contribution in [2.45, 2.75) is 44.4 Å². The van der Waals surface area contributed by atoms with Gasteiger partial charge >= 0.3 is 11.9 Å². The molecule has 0 aliphatic heterocycles. The molecule has 0 radical (unpaired) electrons. The number of aliphatic hydroxyl groups excluding tert-OH is 1. The Morgan fingerprint density at radius 2 is 1.79 bits per heavy atom. The van der Waals surface area contributed by atoms with Crippen LogP contribution in [0.5, 0.6) is 0 Å². The number of esters is 2. The lowest BCUT2D eigenvalue weighted by atomic mass is 9.93. The third-order valence-electron chi connectivity index (χ3n) is 5.66. The minimum absolute atomic E-state index is 0.0193. The Labute approximate surface area is 222 Å². The van der Waals surface area contributed by atoms with Gasteiger partial charge in [0.05, 0.1) is 31.4 Å². The van der Waals surface area contributed by atoms with Crippen molar-refractivity contribution in [3.8, 4) is 0 Å². The zero-order valence-corrected chi connectivity index (χ0v) is 21.8. The summed E-state index contributed by atoms with van der Waals surface area (Å²) in [5.41, 5.74) is 4.06. The van der Waals surface area contributed by atoms with Crippen molar-refractivity contribution in [2.75, 3.05) is 32.7 Å². The van der Waals surface area contributed by atoms with E-state index in [0.29, 0.717) is 5.56 Å². The molecule has 0 aliphatic carbocycles. The molecule has 0 saturated carbocycles. The number of nitrogens with zero attached hydrogens (tertiary/aromatic N) is 4. The van der Waals surface area contributed by atoms with E-state index in [-0.39, 0.29) is 41.8 Å². The van der Waals surface area contributed by atoms with Gasteiger partial charge < -0.3 is 29.8 Å². The van der Waals surface area contributed by atoms with Gasteiger partial charge in [-0.05, 0) is 31.0 Å². The number of halogens is 2. The van der Waals surface area contributed by atoms with Crippen LogP contribution < -0.4 is 5.73 Å². The predicted octanol–water partition coefficient (Wildman–Crippen LogP) is 2.03. The molecule has 0 aliphatic rings. The van der Waals surface area contributed by atoms with Crippen LogP contribution in [0.15, 0.2) is 36.5 Å². The molecule has 3 aromatic rings. The van der Waals surface area contributed by atoms with Crippen molar-refractivity contribution in [3.63, 3.8) is 0 Å². The smallest absolute Gasteiger partial charge is 0.350 e. The monoisotopic (exact) mass is 553 g/mol. The Balaban J connectivity index is 1.91. The van der Waals surface area contributed by atoms with Gasteiger partial charge in [-0.25, -0.2) is 23.6 Å². The Hall–Kier alpha value is -3.39. The van der Waals surface area contributed by atoms with Crippen molar-refractivity contribution >= 4 is 40.4 Å². The molecular formula is C24H29ClFN5O7. The van der Waals surface area contributed by atoms with E-state index in [9.17, 15) is 14.7 Å². The summed E-state index contributed by atoms with van der Waals surface area (Å²) in [6.45, 7) is 2.47. The van der Waals surface area contributed by atoms with Crippen LogP contribution in [0.4, 0.5) is 10.2 Å². The fraction of sp³-hybridized carbons (Fsp3) is 0.458. The van der Waals surface area contributed by atoms with E-state index in [0.717, 1.165) is 4.68 Å². The summed E-state index contributed by atoms with van der Waals surface area (Å²) < 4.78 is 37.7. The summed E-state index contributed by atoms with van der Waals surface area (Å²) in [5.74, 6) is -2.01. The fourth-order valence-electron chi connectivity index (χ4n) is 3.73. The summed E-state index contributed by atoms with van der Waals surface area (Å²) in [6.07, 6.45) is -4.49. The van der Waals surface area contributed by atoms with Crippen LogP contribution in [-0.2, 0) is 35.0 Å². The van der Waals surface area contributed by atoms with E-state index in [4.69, 9.17) is 36.3 Å². The average Bonchev–Trinajstić information content (AvgIpc) is 3.32. The van der Waals surface area contributed by atoms with Crippen molar-refractivity contribution < 1.29 is 38.0 Å². The maximum absolute atomic E-state index is 15.5. The van der Waals surface area contributed by atoms with Crippen LogP contribution in [0.2, 0.25) is 5.28 Å². The predicted molar refractivity (Wildman–Crippen MR) is 134 cm³/mol. The number of nitrogens with two attached hydrogens (primary N) is 1. The number of aromatic nitrogens is 4. The van der Waals surface area contributed by atoms with Gasteiger partial charge in [0.1, 0.15) is 18.0 Å². The molecule has 0 fully saturated rings. The summed E-state index contributed by atoms with van der Waals surface area (Å²) in [5, 5.41) is 14.7. The molecule has 0 bridgehead atoms. The maximum atomic E-state index is 15.5. The van der Waals surface area contributed by atoms with Crippen LogP contribution in [0.25, 0.3) is 11.0 Å². The Morgan fingerprint density at radius 1 is 1.16 bits per heavy atom. The Morgan fingerprint density at radius 3 is 2.37 bits per heavy atom. The molecule has 2 aromatic heterocycles. The number of fused-ring (bicyclic) bond motifs is 1. The minimum atomic E-state index is -2.25. The van der Waals surface area contributed by atoms with E-state index in [2.05, 4.69) is 15.1 Å². The van der Waals surface area contributed by atoms with Gasteiger partial charge in [0.25, 0.3) is 5.60 Å². The SMILES string of the molecule is CCOC(=O)C(Cc1ccccc1)(OC[C@@H](OC)[C@@H](O)[C@H](F)n1ncc2c(N)nc(Cl)nc21)C(=O)OCC. The number of hydrogen-bond donors (Lipinski definition) is 2. The number of carbonyl (C=O) groups excluding carboxylic acids is 2. The van der Waals surface area contributed by atoms with E-state index in [1.165, 1.54) is 13.3 Å². The van der Waals surface area contributed by atoms with E-state index >= 15 is 4.39 Å². The number of nitrogen functional groups attached to an aromatic ring is 1. The first-order valence-electron chi connectivity index (χ1n) is 11.7. The van der Waals surface area contributed by atoms with Crippen LogP contribution in [0, 0.1) is 0 Å². The maximum Gasteiger partial charge on any atom is 0.350 e. The highest BCUT2D eigenvalue weighted by Gasteiger charge is 2.51. The van der Waals surface area contributed by atoms with Gasteiger partial charge in [0, 0.05) is 13.5 Å². The molecule has 3 rings (SSSR count). The Kier molecular flexibility index (Phi) is 9.91. The highest BCUT2D eigenvalue weighted by atomic mass is 35.5. The van der Waals surface area contributed by atoms with Crippen LogP contribution in [-0.4, -0.2) is 81.5 Å². The largest absolute Gasteiger partial charge is 0.463 e. The van der Waals surface area contributed by atoms with Crippen LogP contribution in [0.1, 0.15) is 25.7 Å². The summed E-state index contributed by atoms with van der Waals surface area (Å²) in [6, 6.07) is 8.60. The van der Waals surface area contributed by atoms with E-state index in [1.54, 1.807) is 44.2 Å². The minimum Gasteiger partial charge on any atom is -0.463 e. The number of alkyl halides is 1. The number of anilines is 1. The second kappa shape index (κ2) is 12.9. The number of ether oxygens (including phenoxy) is 4. The second-order valence-electron chi connectivity index (χ2n) is 8.08. The van der Waals surface area contributed by atoms with Gasteiger partial charge in [0.2, 0.25) is 11.6 Å². The number of carbonyl (C=O) groups is 2. The van der Waals surface area contributed by atoms with Gasteiger partial charge in [-0.2, -0.15) is 10.1 Å². The molecule has 0 spiro atoms. The standard InChI is InChI=1S/C24H29ClFN5O7/c1-4-36-21(33)24(22(34)37-5-2,11-14-9-7-6-8-10-14)38-13-16(35-3)17(32)18(26)31-20-15(12-28-31)19(27)29-23(25)30-20/h6-10,12,16-18,32H,4-5,11,13H2,1-3H3,(H2,27,29,30)/t16-,17-,18-/m1/s1. The molecule has 12 nitrogen and oxygen atoms in total. The number of rotatable bonds is 13. The van der Waals surface area contributed by atoms with Gasteiger partial charge in [-0.1, -0.05) is 30.3 Å². The summed E-state index contributed by atoms with van der Waals surface area (Å²) >= 11 is 5.84. The first kappa shape index (κ1) is 29.2. The number of aliphatic hydroxyl groups is 1. The molecule has 0 unspecified atom stereocenters. The first-order chi connectivity index (χ1) is 18.2.